The van der Waals surface area contributed by atoms with E-state index >= 15 is 4.39 Å². The number of hydrogen-bond donors (Lipinski definition) is 2. The van der Waals surface area contributed by atoms with Crippen molar-refractivity contribution in [3.05, 3.63) is 78.1 Å². The second kappa shape index (κ2) is 14.8. The van der Waals surface area contributed by atoms with Crippen molar-refractivity contribution < 1.29 is 32.9 Å². The van der Waals surface area contributed by atoms with Crippen LogP contribution in [-0.2, 0) is 14.3 Å². The maximum absolute atomic E-state index is 15.4. The van der Waals surface area contributed by atoms with E-state index in [4.69, 9.17) is 18.9 Å². The highest BCUT2D eigenvalue weighted by molar-refractivity contribution is 6.14. The van der Waals surface area contributed by atoms with E-state index in [0.29, 0.717) is 41.1 Å². The monoisotopic (exact) mass is 671 g/mol. The number of anilines is 1. The summed E-state index contributed by atoms with van der Waals surface area (Å²) in [5, 5.41) is 6.18. The van der Waals surface area contributed by atoms with Crippen molar-refractivity contribution in [1.82, 2.24) is 20.2 Å². The third-order valence-electron chi connectivity index (χ3n) is 9.65. The molecule has 2 aromatic carbocycles. The van der Waals surface area contributed by atoms with Crippen LogP contribution in [0.25, 0.3) is 10.9 Å². The summed E-state index contributed by atoms with van der Waals surface area (Å²) in [6.45, 7) is 10.5. The molecule has 3 aromatic rings. The van der Waals surface area contributed by atoms with Gasteiger partial charge < -0.3 is 29.6 Å². The Labute approximate surface area is 285 Å². The fourth-order valence-electron chi connectivity index (χ4n) is 6.45. The summed E-state index contributed by atoms with van der Waals surface area (Å²) in [4.78, 5) is 38.0. The highest BCUT2D eigenvalue weighted by Crippen LogP contribution is 2.59. The molecule has 2 aliphatic carbocycles. The number of aromatic nitrogens is 2. The molecule has 3 aliphatic rings. The molecule has 49 heavy (non-hydrogen) atoms. The van der Waals surface area contributed by atoms with Crippen molar-refractivity contribution >= 4 is 28.4 Å². The first kappa shape index (κ1) is 34.1. The van der Waals surface area contributed by atoms with Crippen LogP contribution in [0.2, 0.25) is 0 Å². The number of fused-ring (bicyclic) bond motifs is 1. The molecule has 2 fully saturated rings. The number of halogens is 1. The highest BCUT2D eigenvalue weighted by atomic mass is 19.1. The van der Waals surface area contributed by atoms with Gasteiger partial charge in [-0.2, -0.15) is 0 Å². The standard InChI is InChI=1S/C37H42FN5O6/c1-23-7-5-8-26(10-9-23)41-35(44)37(24(2)25(37)3)36(45)42-27-11-12-31(29(38)19-27)49-34-28-20-32(46-4)33(21-30(28)39-22-40-34)48-16-6-13-43-14-17-47-18-15-43/h7-12,19-22,24-25H,5-6,13-18H2,1-4H3,(H,41,44)(H,42,45)/t24-,25-/m1/s1. The van der Waals surface area contributed by atoms with Gasteiger partial charge >= 0.3 is 0 Å². The van der Waals surface area contributed by atoms with Gasteiger partial charge in [0.05, 0.1) is 37.8 Å². The van der Waals surface area contributed by atoms with Gasteiger partial charge in [0.1, 0.15) is 11.7 Å². The molecule has 11 nitrogen and oxygen atoms in total. The number of morpholine rings is 1. The molecule has 0 spiro atoms. The van der Waals surface area contributed by atoms with Gasteiger partial charge in [0.2, 0.25) is 17.7 Å². The van der Waals surface area contributed by atoms with Crippen LogP contribution in [0.3, 0.4) is 0 Å². The summed E-state index contributed by atoms with van der Waals surface area (Å²) in [6, 6.07) is 7.55. The van der Waals surface area contributed by atoms with Gasteiger partial charge in [-0.3, -0.25) is 14.5 Å². The van der Waals surface area contributed by atoms with Crippen molar-refractivity contribution in [2.24, 2.45) is 17.3 Å². The van der Waals surface area contributed by atoms with Gasteiger partial charge in [-0.15, -0.1) is 0 Å². The molecule has 2 atom stereocenters. The van der Waals surface area contributed by atoms with Crippen molar-refractivity contribution in [2.75, 3.05) is 51.9 Å². The lowest BCUT2D eigenvalue weighted by Gasteiger charge is -2.26. The number of ether oxygens (including phenoxy) is 4. The summed E-state index contributed by atoms with van der Waals surface area (Å²) in [6.07, 6.45) is 10.5. The summed E-state index contributed by atoms with van der Waals surface area (Å²) in [5.74, 6) is -0.947. The molecular formula is C37H42FN5O6. The number of nitrogens with one attached hydrogen (secondary N) is 2. The predicted molar refractivity (Wildman–Crippen MR) is 183 cm³/mol. The second-order valence-electron chi connectivity index (χ2n) is 12.6. The fraction of sp³-hybridized carbons (Fsp3) is 0.405. The Balaban J connectivity index is 1.12. The van der Waals surface area contributed by atoms with E-state index in [-0.39, 0.29) is 35.1 Å². The molecular weight excluding hydrogens is 629 g/mol. The third kappa shape index (κ3) is 7.30. The Morgan fingerprint density at radius 1 is 1.00 bits per heavy atom. The van der Waals surface area contributed by atoms with E-state index in [2.05, 4.69) is 25.5 Å². The van der Waals surface area contributed by atoms with Gasteiger partial charge in [0, 0.05) is 43.2 Å². The molecule has 1 saturated heterocycles. The Bertz CT molecular complexity index is 1810. The maximum Gasteiger partial charge on any atom is 0.240 e. The minimum absolute atomic E-state index is 0.1000. The maximum atomic E-state index is 15.4. The number of allylic oxidation sites excluding steroid dienone is 5. The Kier molecular flexibility index (Phi) is 10.3. The van der Waals surface area contributed by atoms with E-state index in [1.165, 1.54) is 18.5 Å². The number of nitrogens with zero attached hydrogens (tertiary/aromatic N) is 3. The van der Waals surface area contributed by atoms with Crippen LogP contribution in [-0.4, -0.2) is 73.2 Å². The lowest BCUT2D eigenvalue weighted by molar-refractivity contribution is -0.135. The second-order valence-corrected chi connectivity index (χ2v) is 12.6. The molecule has 0 radical (unpaired) electrons. The third-order valence-corrected chi connectivity index (χ3v) is 9.65. The van der Waals surface area contributed by atoms with Gasteiger partial charge in [0.25, 0.3) is 0 Å². The van der Waals surface area contributed by atoms with Crippen molar-refractivity contribution in [1.29, 1.82) is 0 Å². The SMILES string of the molecule is COc1cc2c(Oc3ccc(NC(=O)C4(C(=O)NC5=CCC=C(C)C=C5)[C@H](C)[C@H]4C)cc3F)ncnc2cc1OCCCN1CCOCC1. The fourth-order valence-corrected chi connectivity index (χ4v) is 6.45. The van der Waals surface area contributed by atoms with E-state index in [0.717, 1.165) is 50.9 Å². The van der Waals surface area contributed by atoms with Crippen molar-refractivity contribution in [2.45, 2.75) is 33.6 Å². The number of carbonyl (C=O) groups excluding carboxylic acids is 2. The molecule has 2 amide bonds. The molecule has 0 unspecified atom stereocenters. The Hall–Kier alpha value is -4.81. The zero-order chi connectivity index (χ0) is 34.5. The first-order valence-electron chi connectivity index (χ1n) is 16.6. The van der Waals surface area contributed by atoms with E-state index in [9.17, 15) is 9.59 Å². The molecule has 1 saturated carbocycles. The first-order valence-corrected chi connectivity index (χ1v) is 16.6. The number of carbonyl (C=O) groups is 2. The molecule has 0 bridgehead atoms. The van der Waals surface area contributed by atoms with Gasteiger partial charge in [-0.05, 0) is 55.9 Å². The molecule has 2 heterocycles. The van der Waals surface area contributed by atoms with Crippen LogP contribution in [0.4, 0.5) is 10.1 Å². The van der Waals surface area contributed by atoms with Crippen molar-refractivity contribution in [3.8, 4) is 23.1 Å². The van der Waals surface area contributed by atoms with E-state index < -0.39 is 17.1 Å². The molecule has 258 valence electrons. The van der Waals surface area contributed by atoms with Gasteiger partial charge in [-0.1, -0.05) is 37.6 Å². The molecule has 1 aliphatic heterocycles. The number of amides is 2. The minimum atomic E-state index is -1.28. The molecule has 6 rings (SSSR count). The number of hydrogen-bond acceptors (Lipinski definition) is 9. The largest absolute Gasteiger partial charge is 0.493 e. The van der Waals surface area contributed by atoms with Crippen LogP contribution in [0.1, 0.15) is 33.6 Å². The molecule has 1 aromatic heterocycles. The lowest BCUT2D eigenvalue weighted by atomic mass is 9.99. The zero-order valence-corrected chi connectivity index (χ0v) is 28.3. The van der Waals surface area contributed by atoms with Crippen LogP contribution < -0.4 is 24.8 Å². The van der Waals surface area contributed by atoms with E-state index in [1.807, 2.05) is 45.1 Å². The van der Waals surface area contributed by atoms with Crippen molar-refractivity contribution in [3.63, 3.8) is 0 Å². The quantitative estimate of drug-likeness (QED) is 0.182. The Morgan fingerprint density at radius 3 is 2.51 bits per heavy atom. The number of rotatable bonds is 12. The average molecular weight is 672 g/mol. The molecule has 2 N–H and O–H groups in total. The van der Waals surface area contributed by atoms with Gasteiger partial charge in [-0.25, -0.2) is 14.4 Å². The summed E-state index contributed by atoms with van der Waals surface area (Å²) < 4.78 is 38.4. The summed E-state index contributed by atoms with van der Waals surface area (Å²) in [7, 11) is 1.54. The highest BCUT2D eigenvalue weighted by Gasteiger charge is 2.69. The first-order chi connectivity index (χ1) is 23.7. The molecule has 12 heteroatoms. The summed E-state index contributed by atoms with van der Waals surface area (Å²) >= 11 is 0. The van der Waals surface area contributed by atoms with Gasteiger partial charge in [0.15, 0.2) is 23.1 Å². The summed E-state index contributed by atoms with van der Waals surface area (Å²) in [5.41, 5.74) is 1.19. The average Bonchev–Trinajstić information content (AvgIpc) is 3.73. The minimum Gasteiger partial charge on any atom is -0.493 e. The number of methoxy groups -OCH3 is 1. The van der Waals surface area contributed by atoms with Crippen LogP contribution >= 0.6 is 0 Å². The lowest BCUT2D eigenvalue weighted by Crippen LogP contribution is -2.41. The van der Waals surface area contributed by atoms with Crippen LogP contribution in [0, 0.1) is 23.1 Å². The van der Waals surface area contributed by atoms with Crippen LogP contribution in [0.15, 0.2) is 72.2 Å². The van der Waals surface area contributed by atoms with Crippen LogP contribution in [0.5, 0.6) is 23.1 Å². The normalized spacial score (nSPS) is 22.1. The Morgan fingerprint density at radius 2 is 1.78 bits per heavy atom. The predicted octanol–water partition coefficient (Wildman–Crippen LogP) is 5.79. The smallest absolute Gasteiger partial charge is 0.240 e. The zero-order valence-electron chi connectivity index (χ0n) is 28.3. The number of benzene rings is 2. The topological polar surface area (TPSA) is 124 Å². The van der Waals surface area contributed by atoms with E-state index in [1.54, 1.807) is 19.2 Å².